The number of aliphatic hydroxyl groups is 1. The van der Waals surface area contributed by atoms with Gasteiger partial charge < -0.3 is 26.2 Å². The van der Waals surface area contributed by atoms with E-state index in [9.17, 15) is 24.6 Å². The SMILES string of the molecule is CC.CN/C(=C\N(N)c1cc(Cl)cc(C2=C(C(=O)O)N3C(=O)C([C@@H](C)O)C3C2)c1)CC(N)=O. The monoisotopic (exact) mass is 479 g/mol. The Kier molecular flexibility index (Phi) is 8.48. The summed E-state index contributed by atoms with van der Waals surface area (Å²) in [7, 11) is 1.62. The summed E-state index contributed by atoms with van der Waals surface area (Å²) in [5.74, 6) is 3.27. The van der Waals surface area contributed by atoms with Crippen LogP contribution in [0.25, 0.3) is 5.57 Å². The number of nitrogens with zero attached hydrogens (tertiary/aromatic N) is 2. The number of anilines is 1. The molecule has 0 radical (unpaired) electrons. The topological polar surface area (TPSA) is 162 Å². The maximum absolute atomic E-state index is 12.4. The minimum atomic E-state index is -1.24. The summed E-state index contributed by atoms with van der Waals surface area (Å²) in [4.78, 5) is 36.8. The van der Waals surface area contributed by atoms with Crippen LogP contribution in [0.1, 0.15) is 39.2 Å². The van der Waals surface area contributed by atoms with Crippen molar-refractivity contribution in [2.24, 2.45) is 17.5 Å². The maximum Gasteiger partial charge on any atom is 0.352 e. The fraction of sp³-hybridized carbons (Fsp3) is 0.409. The van der Waals surface area contributed by atoms with Crippen molar-refractivity contribution in [2.45, 2.75) is 45.8 Å². The lowest BCUT2D eigenvalue weighted by molar-refractivity contribution is -0.161. The second-order valence-electron chi connectivity index (χ2n) is 7.53. The number of carbonyl (C=O) groups is 3. The molecular formula is C22H30ClN5O5. The lowest BCUT2D eigenvalue weighted by Crippen LogP contribution is -2.61. The molecule has 180 valence electrons. The van der Waals surface area contributed by atoms with Gasteiger partial charge in [-0.1, -0.05) is 25.4 Å². The predicted molar refractivity (Wildman–Crippen MR) is 125 cm³/mol. The standard InChI is InChI=1S/C20H24ClN5O5.C2H6/c1-9(27)17-15-7-14(18(20(30)31)26(15)19(17)29)10-3-11(21)5-13(4-10)25(23)8-12(24-2)6-16(22)28;1-2/h3-5,8-9,15,17,24,27H,6-7,23H2,1-2H3,(H2,22,28)(H,30,31);1-2H3/b12-8-;/t9-,15?,17?;/m1./s1. The Hall–Kier alpha value is -3.08. The molecule has 0 aromatic heterocycles. The molecule has 1 aromatic carbocycles. The van der Waals surface area contributed by atoms with Gasteiger partial charge in [-0.05, 0) is 42.7 Å². The first kappa shape index (κ1) is 26.2. The van der Waals surface area contributed by atoms with Gasteiger partial charge in [0.05, 0.1) is 30.2 Å². The van der Waals surface area contributed by atoms with Gasteiger partial charge in [0.25, 0.3) is 0 Å². The van der Waals surface area contributed by atoms with E-state index in [1.165, 1.54) is 23.0 Å². The van der Waals surface area contributed by atoms with Gasteiger partial charge in [-0.3, -0.25) is 14.6 Å². The van der Waals surface area contributed by atoms with E-state index in [0.29, 0.717) is 27.5 Å². The summed E-state index contributed by atoms with van der Waals surface area (Å²) >= 11 is 6.27. The van der Waals surface area contributed by atoms with Crippen molar-refractivity contribution >= 4 is 40.6 Å². The molecule has 1 saturated heterocycles. The van der Waals surface area contributed by atoms with E-state index in [1.54, 1.807) is 25.2 Å². The van der Waals surface area contributed by atoms with Crippen LogP contribution in [0.5, 0.6) is 0 Å². The number of benzene rings is 1. The quantitative estimate of drug-likeness (QED) is 0.212. The number of primary amides is 1. The Balaban J connectivity index is 0.00000187. The number of carboxylic acid groups (broad SMARTS) is 1. The van der Waals surface area contributed by atoms with Crippen LogP contribution in [0, 0.1) is 5.92 Å². The zero-order valence-electron chi connectivity index (χ0n) is 19.0. The normalized spacial score (nSPS) is 20.4. The molecule has 2 aliphatic heterocycles. The Labute approximate surface area is 197 Å². The number of aliphatic hydroxyl groups excluding tert-OH is 1. The molecule has 11 heteroatoms. The second-order valence-corrected chi connectivity index (χ2v) is 7.97. The third-order valence-corrected chi connectivity index (χ3v) is 5.66. The van der Waals surface area contributed by atoms with E-state index in [1.807, 2.05) is 13.8 Å². The van der Waals surface area contributed by atoms with Gasteiger partial charge in [0.1, 0.15) is 5.70 Å². The van der Waals surface area contributed by atoms with Crippen LogP contribution in [0.2, 0.25) is 5.02 Å². The molecule has 10 nitrogen and oxygen atoms in total. The Morgan fingerprint density at radius 1 is 1.36 bits per heavy atom. The number of aliphatic carboxylic acids is 1. The third kappa shape index (κ3) is 5.29. The highest BCUT2D eigenvalue weighted by Gasteiger charge is 2.56. The third-order valence-electron chi connectivity index (χ3n) is 5.44. The van der Waals surface area contributed by atoms with Gasteiger partial charge in [0, 0.05) is 24.0 Å². The molecule has 2 amide bonds. The number of hydrogen-bond acceptors (Lipinski definition) is 7. The number of nitrogens with one attached hydrogen (secondary N) is 1. The second kappa shape index (κ2) is 10.7. The van der Waals surface area contributed by atoms with Crippen LogP contribution in [0.3, 0.4) is 0 Å². The molecule has 2 unspecified atom stereocenters. The largest absolute Gasteiger partial charge is 0.477 e. The number of carbonyl (C=O) groups excluding carboxylic acids is 2. The number of β-lactam (4-membered cyclic amide) rings is 1. The Morgan fingerprint density at radius 2 is 2.00 bits per heavy atom. The fourth-order valence-corrected chi connectivity index (χ4v) is 4.28. The summed E-state index contributed by atoms with van der Waals surface area (Å²) in [6, 6.07) is 4.40. The van der Waals surface area contributed by atoms with Crippen LogP contribution in [0.4, 0.5) is 5.69 Å². The Morgan fingerprint density at radius 3 is 2.52 bits per heavy atom. The van der Waals surface area contributed by atoms with Crippen molar-refractivity contribution in [1.29, 1.82) is 0 Å². The highest BCUT2D eigenvalue weighted by molar-refractivity contribution is 6.31. The van der Waals surface area contributed by atoms with Crippen LogP contribution >= 0.6 is 11.6 Å². The minimum absolute atomic E-state index is 0.0502. The van der Waals surface area contributed by atoms with Crippen molar-refractivity contribution in [3.05, 3.63) is 46.4 Å². The molecule has 3 rings (SSSR count). The summed E-state index contributed by atoms with van der Waals surface area (Å²) in [6.45, 7) is 5.51. The van der Waals surface area contributed by atoms with E-state index in [-0.39, 0.29) is 18.5 Å². The van der Waals surface area contributed by atoms with Crippen LogP contribution in [0.15, 0.2) is 35.8 Å². The Bertz CT molecular complexity index is 1010. The number of carboxylic acids is 1. The molecule has 0 spiro atoms. The highest BCUT2D eigenvalue weighted by Crippen LogP contribution is 2.47. The molecule has 2 aliphatic rings. The van der Waals surface area contributed by atoms with E-state index < -0.39 is 35.8 Å². The number of hydrogen-bond donors (Lipinski definition) is 5. The molecule has 2 heterocycles. The average Bonchev–Trinajstić information content (AvgIpc) is 3.08. The van der Waals surface area contributed by atoms with Crippen molar-refractivity contribution in [3.8, 4) is 0 Å². The smallest absolute Gasteiger partial charge is 0.352 e. The number of fused-ring (bicyclic) bond motifs is 1. The molecule has 1 fully saturated rings. The first-order valence-corrected chi connectivity index (χ1v) is 10.9. The van der Waals surface area contributed by atoms with Gasteiger partial charge in [-0.15, -0.1) is 0 Å². The van der Waals surface area contributed by atoms with E-state index >= 15 is 0 Å². The maximum atomic E-state index is 12.4. The van der Waals surface area contributed by atoms with Gasteiger partial charge in [-0.25, -0.2) is 10.6 Å². The fourth-order valence-electron chi connectivity index (χ4n) is 4.05. The molecule has 1 aromatic rings. The lowest BCUT2D eigenvalue weighted by atomic mass is 9.82. The van der Waals surface area contributed by atoms with Crippen molar-refractivity contribution < 1.29 is 24.6 Å². The molecule has 7 N–H and O–H groups in total. The highest BCUT2D eigenvalue weighted by atomic mass is 35.5. The predicted octanol–water partition coefficient (Wildman–Crippen LogP) is 1.39. The molecule has 0 bridgehead atoms. The summed E-state index contributed by atoms with van der Waals surface area (Å²) < 4.78 is 0. The summed E-state index contributed by atoms with van der Waals surface area (Å²) in [5, 5.41) is 24.0. The van der Waals surface area contributed by atoms with Crippen molar-refractivity contribution in [3.63, 3.8) is 0 Å². The lowest BCUT2D eigenvalue weighted by Gasteiger charge is -2.44. The number of hydrazine groups is 1. The number of halogens is 1. The summed E-state index contributed by atoms with van der Waals surface area (Å²) in [5.41, 5.74) is 6.93. The van der Waals surface area contributed by atoms with Gasteiger partial charge >= 0.3 is 5.97 Å². The van der Waals surface area contributed by atoms with E-state index in [2.05, 4.69) is 5.32 Å². The van der Waals surface area contributed by atoms with Crippen LogP contribution in [-0.4, -0.2) is 52.1 Å². The molecular weight excluding hydrogens is 450 g/mol. The first-order chi connectivity index (χ1) is 15.5. The summed E-state index contributed by atoms with van der Waals surface area (Å²) in [6.07, 6.45) is 0.812. The number of rotatable bonds is 8. The molecule has 3 atom stereocenters. The first-order valence-electron chi connectivity index (χ1n) is 10.5. The van der Waals surface area contributed by atoms with Gasteiger partial charge in [-0.2, -0.15) is 0 Å². The zero-order chi connectivity index (χ0) is 25.0. The molecule has 0 aliphatic carbocycles. The number of nitrogens with two attached hydrogens (primary N) is 2. The van der Waals surface area contributed by atoms with Crippen molar-refractivity contribution in [2.75, 3.05) is 12.1 Å². The average molecular weight is 480 g/mol. The zero-order valence-corrected chi connectivity index (χ0v) is 19.8. The molecule has 33 heavy (non-hydrogen) atoms. The number of amides is 2. The molecule has 0 saturated carbocycles. The van der Waals surface area contributed by atoms with Crippen molar-refractivity contribution in [1.82, 2.24) is 10.2 Å². The van der Waals surface area contributed by atoms with Gasteiger partial charge in [0.15, 0.2) is 0 Å². The van der Waals surface area contributed by atoms with Crippen LogP contribution < -0.4 is 21.9 Å². The van der Waals surface area contributed by atoms with Gasteiger partial charge in [0.2, 0.25) is 11.8 Å². The van der Waals surface area contributed by atoms with E-state index in [0.717, 1.165) is 0 Å². The van der Waals surface area contributed by atoms with E-state index in [4.69, 9.17) is 23.2 Å². The minimum Gasteiger partial charge on any atom is -0.477 e. The van der Waals surface area contributed by atoms with Crippen LogP contribution in [-0.2, 0) is 14.4 Å².